The fraction of sp³-hybridized carbons (Fsp3) is 0.211. The first kappa shape index (κ1) is 18.9. The van der Waals surface area contributed by atoms with Gasteiger partial charge in [0.1, 0.15) is 0 Å². The van der Waals surface area contributed by atoms with Gasteiger partial charge in [0.2, 0.25) is 5.91 Å². The molecule has 0 aliphatic heterocycles. The smallest absolute Gasteiger partial charge is 0.340 e. The van der Waals surface area contributed by atoms with Crippen molar-refractivity contribution in [1.29, 1.82) is 0 Å². The summed E-state index contributed by atoms with van der Waals surface area (Å²) < 4.78 is 5.96. The van der Waals surface area contributed by atoms with Gasteiger partial charge in [-0.05, 0) is 24.3 Å². The highest BCUT2D eigenvalue weighted by atomic mass is 79.9. The summed E-state index contributed by atoms with van der Waals surface area (Å²) in [6.07, 6.45) is 0. The van der Waals surface area contributed by atoms with E-state index in [1.165, 1.54) is 0 Å². The number of hydrogen-bond donors (Lipinski definition) is 1. The standard InChI is InChI=1S/C19H18BrNO4/c1-12(2)18(23)21-16-6-4-3-5-15(16)19(24)25-11-17(22)13-7-9-14(20)10-8-13/h3-10,12H,11H2,1-2H3,(H,21,23). The van der Waals surface area contributed by atoms with Crippen LogP contribution >= 0.6 is 15.9 Å². The van der Waals surface area contributed by atoms with E-state index in [1.54, 1.807) is 62.4 Å². The van der Waals surface area contributed by atoms with Gasteiger partial charge < -0.3 is 10.1 Å². The number of benzene rings is 2. The maximum absolute atomic E-state index is 12.3. The van der Waals surface area contributed by atoms with Crippen molar-refractivity contribution in [2.45, 2.75) is 13.8 Å². The maximum atomic E-state index is 12.3. The average molecular weight is 404 g/mol. The van der Waals surface area contributed by atoms with Crippen molar-refractivity contribution in [2.24, 2.45) is 5.92 Å². The highest BCUT2D eigenvalue weighted by Crippen LogP contribution is 2.18. The Balaban J connectivity index is 2.04. The van der Waals surface area contributed by atoms with Gasteiger partial charge in [-0.1, -0.05) is 54.0 Å². The van der Waals surface area contributed by atoms with Crippen molar-refractivity contribution in [3.8, 4) is 0 Å². The second-order valence-corrected chi connectivity index (χ2v) is 6.61. The molecule has 25 heavy (non-hydrogen) atoms. The number of para-hydroxylation sites is 1. The third-order valence-corrected chi connectivity index (χ3v) is 3.96. The molecule has 2 aromatic rings. The molecule has 0 saturated carbocycles. The van der Waals surface area contributed by atoms with Crippen LogP contribution in [0.25, 0.3) is 0 Å². The second kappa shape index (κ2) is 8.58. The zero-order chi connectivity index (χ0) is 18.4. The van der Waals surface area contributed by atoms with E-state index >= 15 is 0 Å². The van der Waals surface area contributed by atoms with Crippen molar-refractivity contribution in [1.82, 2.24) is 0 Å². The molecule has 0 aliphatic carbocycles. The molecule has 0 fully saturated rings. The van der Waals surface area contributed by atoms with Crippen molar-refractivity contribution < 1.29 is 19.1 Å². The molecule has 5 nitrogen and oxygen atoms in total. The highest BCUT2D eigenvalue weighted by Gasteiger charge is 2.17. The molecule has 0 spiro atoms. The third-order valence-electron chi connectivity index (χ3n) is 3.43. The molecule has 0 atom stereocenters. The number of anilines is 1. The summed E-state index contributed by atoms with van der Waals surface area (Å²) in [7, 11) is 0. The van der Waals surface area contributed by atoms with Gasteiger partial charge in [0.15, 0.2) is 12.4 Å². The lowest BCUT2D eigenvalue weighted by atomic mass is 10.1. The van der Waals surface area contributed by atoms with Crippen LogP contribution in [0.2, 0.25) is 0 Å². The van der Waals surface area contributed by atoms with E-state index in [2.05, 4.69) is 21.2 Å². The number of ether oxygens (including phenoxy) is 1. The maximum Gasteiger partial charge on any atom is 0.340 e. The molecule has 2 rings (SSSR count). The molecule has 0 radical (unpaired) electrons. The number of halogens is 1. The van der Waals surface area contributed by atoms with Gasteiger partial charge in [-0.25, -0.2) is 4.79 Å². The predicted molar refractivity (Wildman–Crippen MR) is 98.7 cm³/mol. The largest absolute Gasteiger partial charge is 0.454 e. The van der Waals surface area contributed by atoms with Gasteiger partial charge in [-0.15, -0.1) is 0 Å². The molecule has 0 aliphatic rings. The number of carbonyl (C=O) groups excluding carboxylic acids is 3. The fourth-order valence-corrected chi connectivity index (χ4v) is 2.24. The van der Waals surface area contributed by atoms with Gasteiger partial charge in [0, 0.05) is 16.0 Å². The second-order valence-electron chi connectivity index (χ2n) is 5.70. The van der Waals surface area contributed by atoms with E-state index in [1.807, 2.05) is 0 Å². The van der Waals surface area contributed by atoms with Crippen LogP contribution in [-0.2, 0) is 9.53 Å². The van der Waals surface area contributed by atoms with Crippen LogP contribution in [-0.4, -0.2) is 24.3 Å². The molecule has 2 aromatic carbocycles. The minimum absolute atomic E-state index is 0.203. The first-order chi connectivity index (χ1) is 11.9. The van der Waals surface area contributed by atoms with E-state index in [0.29, 0.717) is 11.3 Å². The Morgan fingerprint density at radius 1 is 1.04 bits per heavy atom. The monoisotopic (exact) mass is 403 g/mol. The van der Waals surface area contributed by atoms with Crippen molar-refractivity contribution in [3.63, 3.8) is 0 Å². The number of rotatable bonds is 6. The van der Waals surface area contributed by atoms with Gasteiger partial charge in [-0.2, -0.15) is 0 Å². The molecule has 6 heteroatoms. The van der Waals surface area contributed by atoms with Crippen LogP contribution in [0.4, 0.5) is 5.69 Å². The summed E-state index contributed by atoms with van der Waals surface area (Å²) in [5.41, 5.74) is 1.03. The van der Waals surface area contributed by atoms with Gasteiger partial charge in [0.05, 0.1) is 11.3 Å². The van der Waals surface area contributed by atoms with Crippen LogP contribution in [0.5, 0.6) is 0 Å². The number of hydrogen-bond acceptors (Lipinski definition) is 4. The molecule has 1 amide bonds. The molecule has 0 saturated heterocycles. The topological polar surface area (TPSA) is 72.5 Å². The Kier molecular flexibility index (Phi) is 6.47. The molecule has 0 unspecified atom stereocenters. The third kappa shape index (κ3) is 5.26. The highest BCUT2D eigenvalue weighted by molar-refractivity contribution is 9.10. The minimum atomic E-state index is -0.662. The van der Waals surface area contributed by atoms with Crippen LogP contribution in [0, 0.1) is 5.92 Å². The fourth-order valence-electron chi connectivity index (χ4n) is 1.98. The molecule has 0 bridgehead atoms. The van der Waals surface area contributed by atoms with E-state index in [0.717, 1.165) is 4.47 Å². The van der Waals surface area contributed by atoms with Crippen molar-refractivity contribution >= 4 is 39.3 Å². The summed E-state index contributed by atoms with van der Waals surface area (Å²) in [6.45, 7) is 3.15. The lowest BCUT2D eigenvalue weighted by Gasteiger charge is -2.12. The summed E-state index contributed by atoms with van der Waals surface area (Å²) >= 11 is 3.29. The van der Waals surface area contributed by atoms with Crippen molar-refractivity contribution in [2.75, 3.05) is 11.9 Å². The zero-order valence-corrected chi connectivity index (χ0v) is 15.5. The minimum Gasteiger partial charge on any atom is -0.454 e. The average Bonchev–Trinajstić information content (AvgIpc) is 2.60. The van der Waals surface area contributed by atoms with Crippen LogP contribution in [0.15, 0.2) is 53.0 Å². The Hall–Kier alpha value is -2.47. The summed E-state index contributed by atoms with van der Waals surface area (Å²) in [6, 6.07) is 13.3. The van der Waals surface area contributed by atoms with Gasteiger partial charge >= 0.3 is 5.97 Å². The number of esters is 1. The van der Waals surface area contributed by atoms with Crippen LogP contribution in [0.3, 0.4) is 0 Å². The lowest BCUT2D eigenvalue weighted by molar-refractivity contribution is -0.118. The van der Waals surface area contributed by atoms with E-state index in [4.69, 9.17) is 4.74 Å². The first-order valence-corrected chi connectivity index (χ1v) is 8.53. The van der Waals surface area contributed by atoms with E-state index in [9.17, 15) is 14.4 Å². The van der Waals surface area contributed by atoms with Crippen LogP contribution in [0.1, 0.15) is 34.6 Å². The molecule has 130 valence electrons. The Morgan fingerprint density at radius 2 is 1.68 bits per heavy atom. The number of carbonyl (C=O) groups is 3. The molecular weight excluding hydrogens is 386 g/mol. The summed E-state index contributed by atoms with van der Waals surface area (Å²) in [5.74, 6) is -1.39. The SMILES string of the molecule is CC(C)C(=O)Nc1ccccc1C(=O)OCC(=O)c1ccc(Br)cc1. The molecule has 0 aromatic heterocycles. The van der Waals surface area contributed by atoms with Gasteiger partial charge in [-0.3, -0.25) is 9.59 Å². The predicted octanol–water partition coefficient (Wildman–Crippen LogP) is 4.08. The van der Waals surface area contributed by atoms with Crippen molar-refractivity contribution in [3.05, 3.63) is 64.1 Å². The number of ketones is 1. The van der Waals surface area contributed by atoms with Gasteiger partial charge in [0.25, 0.3) is 0 Å². The Labute approximate surface area is 154 Å². The molecular formula is C19H18BrNO4. The van der Waals surface area contributed by atoms with Crippen LogP contribution < -0.4 is 5.32 Å². The quantitative estimate of drug-likeness (QED) is 0.582. The lowest BCUT2D eigenvalue weighted by Crippen LogP contribution is -2.21. The number of Topliss-reactive ketones (excluding diaryl/α,β-unsaturated/α-hetero) is 1. The van der Waals surface area contributed by atoms with E-state index in [-0.39, 0.29) is 29.8 Å². The normalized spacial score (nSPS) is 10.4. The molecule has 1 N–H and O–H groups in total. The van der Waals surface area contributed by atoms with E-state index < -0.39 is 5.97 Å². The first-order valence-electron chi connectivity index (χ1n) is 7.74. The zero-order valence-electron chi connectivity index (χ0n) is 13.9. The Morgan fingerprint density at radius 3 is 2.32 bits per heavy atom. The summed E-state index contributed by atoms with van der Waals surface area (Å²) in [5, 5.41) is 2.69. The number of amides is 1. The number of nitrogens with one attached hydrogen (secondary N) is 1. The molecule has 0 heterocycles. The Bertz CT molecular complexity index is 784. The summed E-state index contributed by atoms with van der Waals surface area (Å²) in [4.78, 5) is 36.2.